The molecule has 2 atom stereocenters. The van der Waals surface area contributed by atoms with Crippen molar-refractivity contribution in [2.45, 2.75) is 39.7 Å². The molecule has 6 heteroatoms. The van der Waals surface area contributed by atoms with Crippen LogP contribution in [0.1, 0.15) is 34.1 Å². The fraction of sp³-hybridized carbons (Fsp3) is 0.429. The zero-order chi connectivity index (χ0) is 20.4. The molecule has 1 aliphatic heterocycles. The average molecular weight is 392 g/mol. The van der Waals surface area contributed by atoms with Gasteiger partial charge in [0, 0.05) is 29.6 Å². The number of hydrogen-bond donors (Lipinski definition) is 2. The summed E-state index contributed by atoms with van der Waals surface area (Å²) in [6.45, 7) is 7.56. The summed E-state index contributed by atoms with van der Waals surface area (Å²) >= 11 is 6.16. The number of nitrogens with zero attached hydrogens (tertiary/aromatic N) is 1. The number of aliphatic hydroxyl groups is 2. The Labute approximate surface area is 165 Å². The molecule has 2 aliphatic rings. The zero-order valence-electron chi connectivity index (χ0n) is 16.1. The second-order valence-corrected chi connectivity index (χ2v) is 7.49. The van der Waals surface area contributed by atoms with Crippen LogP contribution in [0.15, 0.2) is 58.0 Å². The van der Waals surface area contributed by atoms with Crippen molar-refractivity contribution in [3.05, 3.63) is 58.0 Å². The Morgan fingerprint density at radius 2 is 2.04 bits per heavy atom. The van der Waals surface area contributed by atoms with Crippen LogP contribution < -0.4 is 0 Å². The lowest BCUT2D eigenvalue weighted by molar-refractivity contribution is -0.144. The van der Waals surface area contributed by atoms with E-state index in [4.69, 9.17) is 11.6 Å². The third-order valence-electron chi connectivity index (χ3n) is 4.81. The molecule has 0 radical (unpaired) electrons. The van der Waals surface area contributed by atoms with Crippen molar-refractivity contribution in [1.82, 2.24) is 4.90 Å². The summed E-state index contributed by atoms with van der Waals surface area (Å²) in [7, 11) is 0. The number of fused-ring (bicyclic) bond motifs is 1. The molecule has 0 aromatic heterocycles. The number of carbonyl (C=O) groups excluding carboxylic acids is 2. The van der Waals surface area contributed by atoms with Gasteiger partial charge in [0.1, 0.15) is 0 Å². The normalized spacial score (nSPS) is 25.0. The van der Waals surface area contributed by atoms with Gasteiger partial charge in [-0.15, -0.1) is 0 Å². The van der Waals surface area contributed by atoms with Crippen LogP contribution in [0.25, 0.3) is 0 Å². The predicted molar refractivity (Wildman–Crippen MR) is 106 cm³/mol. The van der Waals surface area contributed by atoms with E-state index in [1.165, 1.54) is 6.20 Å². The van der Waals surface area contributed by atoms with Crippen LogP contribution in [-0.2, 0) is 9.59 Å². The number of Topliss-reactive ketones (excluding diaryl/α,β-unsaturated/α-hetero) is 2. The van der Waals surface area contributed by atoms with E-state index >= 15 is 0 Å². The largest absolute Gasteiger partial charge is 0.395 e. The second-order valence-electron chi connectivity index (χ2n) is 7.12. The maximum Gasteiger partial charge on any atom is 0.214 e. The summed E-state index contributed by atoms with van der Waals surface area (Å²) in [5, 5.41) is 19.4. The predicted octanol–water partition coefficient (Wildman–Crippen LogP) is 3.01. The SMILES string of the molecule is CC[C@@H](C)/C=C(C)/C=C/C1=CC2=C(Cl)C(=O)[C@](C)(O)C(=O)C2=CN1CCO. The summed E-state index contributed by atoms with van der Waals surface area (Å²) < 4.78 is 0. The maximum absolute atomic E-state index is 12.5. The first kappa shape index (κ1) is 21.4. The third kappa shape index (κ3) is 4.32. The number of allylic oxidation sites excluding steroid dienone is 6. The standard InChI is InChI=1S/C21H26ClNO4/c1-5-13(2)10-14(3)6-7-15-11-16-17(12-23(15)8-9-24)19(25)21(4,27)20(26)18(16)22/h6-7,10-13,24,27H,5,8-9H2,1-4H3/b7-6+,14-10+/t13-,21-/m1/s1. The second kappa shape index (κ2) is 8.38. The van der Waals surface area contributed by atoms with Crippen LogP contribution in [0.4, 0.5) is 0 Å². The van der Waals surface area contributed by atoms with E-state index < -0.39 is 17.2 Å². The van der Waals surface area contributed by atoms with Gasteiger partial charge < -0.3 is 15.1 Å². The number of hydrogen-bond acceptors (Lipinski definition) is 5. The summed E-state index contributed by atoms with van der Waals surface area (Å²) in [4.78, 5) is 26.5. The smallest absolute Gasteiger partial charge is 0.214 e. The minimum Gasteiger partial charge on any atom is -0.395 e. The van der Waals surface area contributed by atoms with Gasteiger partial charge in [0.05, 0.1) is 11.6 Å². The molecule has 2 N–H and O–H groups in total. The molecule has 1 aliphatic carbocycles. The Balaban J connectivity index is 2.47. The van der Waals surface area contributed by atoms with Crippen LogP contribution in [0, 0.1) is 5.92 Å². The highest BCUT2D eigenvalue weighted by molar-refractivity contribution is 6.49. The highest BCUT2D eigenvalue weighted by Gasteiger charge is 2.48. The molecule has 0 spiro atoms. The van der Waals surface area contributed by atoms with Gasteiger partial charge in [0.25, 0.3) is 0 Å². The summed E-state index contributed by atoms with van der Waals surface area (Å²) in [6, 6.07) is 0. The van der Waals surface area contributed by atoms with Gasteiger partial charge in [0.15, 0.2) is 5.60 Å². The van der Waals surface area contributed by atoms with Gasteiger partial charge in [-0.2, -0.15) is 0 Å². The summed E-state index contributed by atoms with van der Waals surface area (Å²) in [5.74, 6) is -1.03. The van der Waals surface area contributed by atoms with Crippen LogP contribution in [0.5, 0.6) is 0 Å². The minimum absolute atomic E-state index is 0.118. The van der Waals surface area contributed by atoms with E-state index in [0.717, 1.165) is 18.9 Å². The van der Waals surface area contributed by atoms with Crippen LogP contribution in [-0.4, -0.2) is 45.4 Å². The number of aliphatic hydroxyl groups excluding tert-OH is 1. The maximum atomic E-state index is 12.5. The quantitative estimate of drug-likeness (QED) is 0.537. The van der Waals surface area contributed by atoms with Crippen molar-refractivity contribution in [2.75, 3.05) is 13.2 Å². The zero-order valence-corrected chi connectivity index (χ0v) is 16.9. The van der Waals surface area contributed by atoms with Gasteiger partial charge >= 0.3 is 0 Å². The number of β-amino-alcohol motifs (C(OH)–C–C–N with tert-alkyl or cyclic N) is 1. The van der Waals surface area contributed by atoms with E-state index in [1.807, 2.05) is 19.1 Å². The summed E-state index contributed by atoms with van der Waals surface area (Å²) in [5.41, 5.74) is 0.0779. The lowest BCUT2D eigenvalue weighted by Crippen LogP contribution is -2.49. The molecule has 5 nitrogen and oxygen atoms in total. The number of rotatable bonds is 6. The van der Waals surface area contributed by atoms with E-state index in [9.17, 15) is 19.8 Å². The molecule has 0 fully saturated rings. The molecule has 0 aromatic rings. The Hall–Kier alpha value is -1.95. The molecule has 0 amide bonds. The molecule has 0 unspecified atom stereocenters. The van der Waals surface area contributed by atoms with Crippen LogP contribution in [0.2, 0.25) is 0 Å². The molecule has 0 bridgehead atoms. The van der Waals surface area contributed by atoms with Crippen molar-refractivity contribution in [2.24, 2.45) is 5.92 Å². The van der Waals surface area contributed by atoms with E-state index in [0.29, 0.717) is 17.2 Å². The van der Waals surface area contributed by atoms with Crippen molar-refractivity contribution in [1.29, 1.82) is 0 Å². The molecular weight excluding hydrogens is 366 g/mol. The molecular formula is C21H26ClNO4. The first-order valence-electron chi connectivity index (χ1n) is 9.03. The fourth-order valence-electron chi connectivity index (χ4n) is 2.96. The molecule has 0 saturated carbocycles. The Kier molecular flexibility index (Phi) is 6.63. The summed E-state index contributed by atoms with van der Waals surface area (Å²) in [6.07, 6.45) is 10.2. The van der Waals surface area contributed by atoms with Crippen LogP contribution >= 0.6 is 11.6 Å². The Morgan fingerprint density at radius 1 is 1.37 bits per heavy atom. The van der Waals surface area contributed by atoms with Gasteiger partial charge in [-0.05, 0) is 31.9 Å². The van der Waals surface area contributed by atoms with Crippen molar-refractivity contribution in [3.8, 4) is 0 Å². The highest BCUT2D eigenvalue weighted by Crippen LogP contribution is 2.37. The number of halogens is 1. The first-order valence-corrected chi connectivity index (χ1v) is 9.40. The lowest BCUT2D eigenvalue weighted by atomic mass is 9.79. The van der Waals surface area contributed by atoms with E-state index in [-0.39, 0.29) is 23.8 Å². The molecule has 2 rings (SSSR count). The van der Waals surface area contributed by atoms with Gasteiger partial charge in [-0.3, -0.25) is 9.59 Å². The van der Waals surface area contributed by atoms with Crippen LogP contribution in [0.3, 0.4) is 0 Å². The third-order valence-corrected chi connectivity index (χ3v) is 5.19. The topological polar surface area (TPSA) is 77.8 Å². The molecule has 0 aromatic carbocycles. The molecule has 0 saturated heterocycles. The van der Waals surface area contributed by atoms with E-state index in [1.54, 1.807) is 11.0 Å². The fourth-order valence-corrected chi connectivity index (χ4v) is 3.30. The number of ketones is 2. The van der Waals surface area contributed by atoms with Crippen molar-refractivity contribution in [3.63, 3.8) is 0 Å². The molecule has 27 heavy (non-hydrogen) atoms. The molecule has 1 heterocycles. The average Bonchev–Trinajstić information content (AvgIpc) is 2.63. The lowest BCUT2D eigenvalue weighted by Gasteiger charge is -2.33. The minimum atomic E-state index is -2.17. The van der Waals surface area contributed by atoms with Gasteiger partial charge in [-0.1, -0.05) is 49.6 Å². The highest BCUT2D eigenvalue weighted by atomic mass is 35.5. The monoisotopic (exact) mass is 391 g/mol. The van der Waals surface area contributed by atoms with E-state index in [2.05, 4.69) is 19.9 Å². The first-order chi connectivity index (χ1) is 12.6. The van der Waals surface area contributed by atoms with Crippen molar-refractivity contribution >= 4 is 23.2 Å². The Morgan fingerprint density at radius 3 is 2.63 bits per heavy atom. The van der Waals surface area contributed by atoms with Gasteiger partial charge in [-0.25, -0.2) is 0 Å². The Bertz CT molecular complexity index is 799. The van der Waals surface area contributed by atoms with Gasteiger partial charge in [0.2, 0.25) is 11.6 Å². The van der Waals surface area contributed by atoms with Crippen molar-refractivity contribution < 1.29 is 19.8 Å². The molecule has 146 valence electrons. The number of carbonyl (C=O) groups is 2.